The summed E-state index contributed by atoms with van der Waals surface area (Å²) in [4.78, 5) is 73.8. The van der Waals surface area contributed by atoms with Crippen LogP contribution in [0.25, 0.3) is 21.4 Å². The standard InChI is InChI=1S/C13H8BrF2NO2S.C11H6BrF2NOS.C8H10BN3O2S.C8H9N3S.C7H3ClF2O.C7H6N2S.C6H6BrNOS/c1-7(18)17(11-6-5-10(14)20-11)13(19)12-8(15)3-2-4-9(12)16;12-8-4-5-9(17-8)15-11(16)10-6(13)2-1-3-7(10)14;1-2-12-7(9(13)14)5-6(11-12)8-10-3-4-15-8;1-2-11-5-3-7(10-11)8-9-4-6-12-8;8-7(11)6-4(9)2-1-3-5(6)10;1-2-6(8-3-1)7-9-4-5-10-7;1-4(9)8-6-3-2-5(7)10-6/h2-6H,1H3;1-5H,(H,15,16);3-5,13-14H,2H2,1H3;3-6H,2H2,1H3;1-3H;1-2,4-5H,3H2;2-3H,1H3,(H,8,9). The first-order chi connectivity index (χ1) is 45.4. The van der Waals surface area contributed by atoms with Crippen molar-refractivity contribution in [3.63, 3.8) is 0 Å². The van der Waals surface area contributed by atoms with Gasteiger partial charge in [-0.15, -0.1) is 68.0 Å². The van der Waals surface area contributed by atoms with E-state index in [0.29, 0.717) is 26.6 Å². The van der Waals surface area contributed by atoms with Crippen molar-refractivity contribution in [3.05, 3.63) is 224 Å². The van der Waals surface area contributed by atoms with Gasteiger partial charge in [0.1, 0.15) is 83.0 Å². The molecule has 35 heteroatoms. The number of aliphatic imine (C=N–C) groups is 1. The molecule has 1 aliphatic heterocycles. The zero-order chi connectivity index (χ0) is 69.3. The van der Waals surface area contributed by atoms with E-state index in [9.17, 15) is 50.3 Å². The Labute approximate surface area is 592 Å². The van der Waals surface area contributed by atoms with Gasteiger partial charge in [-0.25, -0.2) is 46.2 Å². The molecule has 8 aromatic heterocycles. The van der Waals surface area contributed by atoms with E-state index >= 15 is 0 Å². The van der Waals surface area contributed by atoms with Crippen LogP contribution in [0.5, 0.6) is 0 Å². The molecule has 0 saturated carbocycles. The second-order valence-corrected chi connectivity index (χ2v) is 28.4. The minimum absolute atomic E-state index is 0.0330. The zero-order valence-corrected chi connectivity index (χ0v) is 59.8. The molecule has 0 bridgehead atoms. The molecule has 0 unspecified atom stereocenters. The maximum absolute atomic E-state index is 13.6. The van der Waals surface area contributed by atoms with Crippen LogP contribution in [0, 0.1) is 34.9 Å². The molecule has 0 aliphatic carbocycles. The van der Waals surface area contributed by atoms with E-state index in [1.54, 1.807) is 70.2 Å². The van der Waals surface area contributed by atoms with Crippen molar-refractivity contribution in [1.82, 2.24) is 34.5 Å². The lowest BCUT2D eigenvalue weighted by atomic mass is 9.86. The smallest absolute Gasteiger partial charge is 0.422 e. The second kappa shape index (κ2) is 38.3. The van der Waals surface area contributed by atoms with Crippen LogP contribution in [0.2, 0.25) is 0 Å². The summed E-state index contributed by atoms with van der Waals surface area (Å²) in [6.07, 6.45) is 11.3. The van der Waals surface area contributed by atoms with E-state index in [1.165, 1.54) is 53.1 Å². The molecular formula is C60H48BBr3ClF6N11O7S6. The van der Waals surface area contributed by atoms with Crippen LogP contribution in [0.15, 0.2) is 173 Å². The van der Waals surface area contributed by atoms with Crippen LogP contribution in [0.1, 0.15) is 63.8 Å². The van der Waals surface area contributed by atoms with Gasteiger partial charge in [0.25, 0.3) is 17.1 Å². The molecule has 0 saturated heterocycles. The molecule has 3 aromatic carbocycles. The summed E-state index contributed by atoms with van der Waals surface area (Å²) in [6.45, 7) is 8.93. The number of anilines is 3. The van der Waals surface area contributed by atoms with Gasteiger partial charge in [-0.3, -0.25) is 38.3 Å². The monoisotopic (exact) mass is 1620 g/mol. The van der Waals surface area contributed by atoms with Gasteiger partial charge in [0.2, 0.25) is 11.8 Å². The normalized spacial score (nSPS) is 10.8. The number of hydrogen-bond donors (Lipinski definition) is 4. The summed E-state index contributed by atoms with van der Waals surface area (Å²) < 4.78 is 85.0. The SMILES string of the molecule is C1=CC(c2nccs2)=NC1.CC(=O)N(C(=O)c1c(F)cccc1F)c1ccc(Br)s1.CC(=O)Nc1ccc(Br)s1.CCn1ccc(-c2nccs2)n1.CCn1nc(-c2nccs2)cc1B(O)O.O=C(Cl)c1c(F)cccc1F.O=C(Nc1ccc(Br)s1)c1c(F)cccc1F. The van der Waals surface area contributed by atoms with Gasteiger partial charge < -0.3 is 20.7 Å². The fraction of sp³-hybridized carbons (Fsp3) is 0.117. The quantitative estimate of drug-likeness (QED) is 0.0507. The number of halogens is 10. The summed E-state index contributed by atoms with van der Waals surface area (Å²) in [7, 11) is -1.49. The van der Waals surface area contributed by atoms with Crippen molar-refractivity contribution in [2.45, 2.75) is 40.8 Å². The molecule has 0 radical (unpaired) electrons. The molecule has 95 heavy (non-hydrogen) atoms. The number of nitrogens with zero attached hydrogens (tertiary/aromatic N) is 9. The lowest BCUT2D eigenvalue weighted by Crippen LogP contribution is -2.36. The number of hydrogen-bond acceptors (Lipinski definition) is 19. The Balaban J connectivity index is 0.000000178. The number of benzene rings is 3. The molecule has 0 fully saturated rings. The predicted octanol–water partition coefficient (Wildman–Crippen LogP) is 16.1. The summed E-state index contributed by atoms with van der Waals surface area (Å²) >= 11 is 23.2. The van der Waals surface area contributed by atoms with E-state index in [2.05, 4.69) is 95.5 Å². The van der Waals surface area contributed by atoms with Crippen LogP contribution in [0.4, 0.5) is 41.3 Å². The van der Waals surface area contributed by atoms with E-state index in [0.717, 1.165) is 124 Å². The van der Waals surface area contributed by atoms with Crippen LogP contribution in [0.3, 0.4) is 0 Å². The maximum Gasteiger partial charge on any atom is 0.507 e. The third-order valence-electron chi connectivity index (χ3n) is 11.4. The van der Waals surface area contributed by atoms with Crippen LogP contribution in [-0.4, -0.2) is 92.8 Å². The summed E-state index contributed by atoms with van der Waals surface area (Å²) in [6, 6.07) is 23.4. The van der Waals surface area contributed by atoms with Crippen molar-refractivity contribution in [3.8, 4) is 21.4 Å². The minimum atomic E-state index is -1.49. The van der Waals surface area contributed by atoms with Gasteiger partial charge in [-0.2, -0.15) is 10.2 Å². The van der Waals surface area contributed by atoms with Gasteiger partial charge >= 0.3 is 7.12 Å². The van der Waals surface area contributed by atoms with Gasteiger partial charge in [-0.05, 0) is 164 Å². The Morgan fingerprint density at radius 2 is 1.09 bits per heavy atom. The maximum atomic E-state index is 13.6. The third kappa shape index (κ3) is 23.4. The predicted molar refractivity (Wildman–Crippen MR) is 376 cm³/mol. The van der Waals surface area contributed by atoms with E-state index in [-0.39, 0.29) is 10.9 Å². The number of aryl methyl sites for hydroxylation is 2. The average Bonchev–Trinajstić information content (AvgIpc) is 1.81. The van der Waals surface area contributed by atoms with E-state index < -0.39 is 81.7 Å². The summed E-state index contributed by atoms with van der Waals surface area (Å²) in [5.41, 5.74) is 1.04. The van der Waals surface area contributed by atoms with Crippen molar-refractivity contribution in [2.75, 3.05) is 22.1 Å². The molecular weight excluding hydrogens is 1580 g/mol. The van der Waals surface area contributed by atoms with Crippen LogP contribution >= 0.6 is 127 Å². The number of carbonyl (C=O) groups excluding carboxylic acids is 5. The van der Waals surface area contributed by atoms with E-state index in [4.69, 9.17) is 21.6 Å². The number of imide groups is 1. The number of carbonyl (C=O) groups is 5. The molecule has 4 amide bonds. The van der Waals surface area contributed by atoms with Crippen LogP contribution in [-0.2, 0) is 22.7 Å². The molecule has 12 rings (SSSR count). The Morgan fingerprint density at radius 1 is 0.611 bits per heavy atom. The highest BCUT2D eigenvalue weighted by atomic mass is 79.9. The second-order valence-electron chi connectivity index (χ2n) is 18.0. The number of amides is 4. The Kier molecular flexibility index (Phi) is 30.9. The minimum Gasteiger partial charge on any atom is -0.422 e. The van der Waals surface area contributed by atoms with Crippen molar-refractivity contribution in [1.29, 1.82) is 0 Å². The summed E-state index contributed by atoms with van der Waals surface area (Å²) in [5, 5.41) is 41.1. The first-order valence-corrected chi connectivity index (χ1v) is 34.8. The zero-order valence-electron chi connectivity index (χ0n) is 49.4. The first-order valence-electron chi connectivity index (χ1n) is 27.0. The van der Waals surface area contributed by atoms with Crippen molar-refractivity contribution < 1.29 is 60.4 Å². The van der Waals surface area contributed by atoms with Gasteiger partial charge in [0, 0.05) is 67.9 Å². The Hall–Kier alpha value is -7.48. The third-order valence-corrected chi connectivity index (χ3v) is 18.7. The molecule has 1 aliphatic rings. The average molecular weight is 1630 g/mol. The lowest BCUT2D eigenvalue weighted by molar-refractivity contribution is -0.116. The highest BCUT2D eigenvalue weighted by Gasteiger charge is 2.28. The molecule has 9 heterocycles. The van der Waals surface area contributed by atoms with E-state index in [1.807, 2.05) is 64.3 Å². The number of thiazole rings is 3. The van der Waals surface area contributed by atoms with Crippen molar-refractivity contribution >= 4 is 190 Å². The largest absolute Gasteiger partial charge is 0.507 e. The highest BCUT2D eigenvalue weighted by molar-refractivity contribution is 9.11. The highest BCUT2D eigenvalue weighted by Crippen LogP contribution is 2.33. The molecule has 11 aromatic rings. The topological polar surface area (TPSA) is 240 Å². The van der Waals surface area contributed by atoms with Crippen LogP contribution < -0.4 is 21.1 Å². The molecule has 18 nitrogen and oxygen atoms in total. The Morgan fingerprint density at radius 3 is 1.47 bits per heavy atom. The lowest BCUT2D eigenvalue weighted by Gasteiger charge is -2.17. The number of allylic oxidation sites excluding steroid dienone is 1. The molecule has 4 N–H and O–H groups in total. The number of nitrogens with one attached hydrogen (secondary N) is 2. The Bertz CT molecular complexity index is 4340. The first kappa shape index (κ1) is 76.5. The molecule has 494 valence electrons. The van der Waals surface area contributed by atoms with Gasteiger partial charge in [0.15, 0.2) is 0 Å². The number of rotatable bonds is 12. The number of aromatic nitrogens is 7. The number of thiophene rings is 3. The van der Waals surface area contributed by atoms with Gasteiger partial charge in [0.05, 0.1) is 39.2 Å². The molecule has 0 spiro atoms. The molecule has 0 atom stereocenters. The fourth-order valence-electron chi connectivity index (χ4n) is 7.35. The van der Waals surface area contributed by atoms with Crippen molar-refractivity contribution in [2.24, 2.45) is 4.99 Å². The van der Waals surface area contributed by atoms with Gasteiger partial charge in [-0.1, -0.05) is 24.3 Å². The summed E-state index contributed by atoms with van der Waals surface area (Å²) in [5.74, 6) is -8.11. The fourth-order valence-corrected chi connectivity index (χ4v) is 13.4.